The summed E-state index contributed by atoms with van der Waals surface area (Å²) in [5.41, 5.74) is 2.76. The zero-order valence-corrected chi connectivity index (χ0v) is 16.5. The van der Waals surface area contributed by atoms with Crippen LogP contribution in [0.3, 0.4) is 0 Å². The van der Waals surface area contributed by atoms with Crippen molar-refractivity contribution in [2.75, 3.05) is 46.0 Å². The first-order valence-electron chi connectivity index (χ1n) is 9.93. The number of ether oxygens (including phenoxy) is 2. The molecule has 5 heteroatoms. The molecule has 0 aromatic heterocycles. The Hall–Kier alpha value is -1.75. The quantitative estimate of drug-likeness (QED) is 0.481. The van der Waals surface area contributed by atoms with Crippen LogP contribution in [-0.2, 0) is 4.74 Å². The standard InChI is InChI=1S/C21H33N3O2/c1-4-22-20(24-12-9-21(15-24)10-14-25-16-21)23-11-6-13-26-19-17(2)7-5-8-18(19)3/h5,7-8H,4,6,9-16H2,1-3H3,(H,22,23). The van der Waals surface area contributed by atoms with Gasteiger partial charge in [0.05, 0.1) is 13.2 Å². The van der Waals surface area contributed by atoms with Crippen molar-refractivity contribution in [3.8, 4) is 5.75 Å². The van der Waals surface area contributed by atoms with E-state index in [0.717, 1.165) is 57.5 Å². The van der Waals surface area contributed by atoms with Gasteiger partial charge in [0.1, 0.15) is 5.75 Å². The number of guanidine groups is 1. The third-order valence-corrected chi connectivity index (χ3v) is 5.48. The number of rotatable bonds is 6. The van der Waals surface area contributed by atoms with Crippen LogP contribution in [-0.4, -0.2) is 56.9 Å². The van der Waals surface area contributed by atoms with Gasteiger partial charge < -0.3 is 19.7 Å². The fourth-order valence-electron chi connectivity index (χ4n) is 3.96. The molecular weight excluding hydrogens is 326 g/mol. The lowest BCUT2D eigenvalue weighted by atomic mass is 9.87. The molecule has 1 aromatic carbocycles. The van der Waals surface area contributed by atoms with Crippen LogP contribution in [0.5, 0.6) is 5.75 Å². The van der Waals surface area contributed by atoms with E-state index in [1.807, 2.05) is 0 Å². The normalized spacial score (nSPS) is 23.0. The molecule has 0 amide bonds. The molecular formula is C21H33N3O2. The Kier molecular flexibility index (Phi) is 6.41. The molecule has 1 unspecified atom stereocenters. The van der Waals surface area contributed by atoms with E-state index in [0.29, 0.717) is 12.0 Å². The largest absolute Gasteiger partial charge is 0.493 e. The van der Waals surface area contributed by atoms with Crippen LogP contribution < -0.4 is 10.1 Å². The highest BCUT2D eigenvalue weighted by Gasteiger charge is 2.42. The van der Waals surface area contributed by atoms with E-state index in [1.54, 1.807) is 0 Å². The molecule has 5 nitrogen and oxygen atoms in total. The molecule has 1 spiro atoms. The number of benzene rings is 1. The lowest BCUT2D eigenvalue weighted by Gasteiger charge is -2.25. The van der Waals surface area contributed by atoms with Crippen molar-refractivity contribution in [2.45, 2.75) is 40.0 Å². The summed E-state index contributed by atoms with van der Waals surface area (Å²) in [5, 5.41) is 3.45. The maximum absolute atomic E-state index is 5.99. The number of hydrogen-bond acceptors (Lipinski definition) is 3. The summed E-state index contributed by atoms with van der Waals surface area (Å²) in [6.07, 6.45) is 3.32. The first-order valence-corrected chi connectivity index (χ1v) is 9.93. The molecule has 2 fully saturated rings. The fraction of sp³-hybridized carbons (Fsp3) is 0.667. The fourth-order valence-corrected chi connectivity index (χ4v) is 3.96. The minimum atomic E-state index is 0.363. The molecule has 0 saturated carbocycles. The average Bonchev–Trinajstić information content (AvgIpc) is 3.26. The predicted molar refractivity (Wildman–Crippen MR) is 106 cm³/mol. The molecule has 1 N–H and O–H groups in total. The van der Waals surface area contributed by atoms with Crippen molar-refractivity contribution in [1.82, 2.24) is 10.2 Å². The van der Waals surface area contributed by atoms with Gasteiger partial charge in [0.15, 0.2) is 5.96 Å². The van der Waals surface area contributed by atoms with Gasteiger partial charge in [0.2, 0.25) is 0 Å². The number of likely N-dealkylation sites (tertiary alicyclic amines) is 1. The van der Waals surface area contributed by atoms with Crippen molar-refractivity contribution in [3.05, 3.63) is 29.3 Å². The topological polar surface area (TPSA) is 46.1 Å². The van der Waals surface area contributed by atoms with E-state index >= 15 is 0 Å². The second-order valence-corrected chi connectivity index (χ2v) is 7.63. The number of aryl methyl sites for hydroxylation is 2. The maximum Gasteiger partial charge on any atom is 0.193 e. The maximum atomic E-state index is 5.99. The van der Waals surface area contributed by atoms with Crippen molar-refractivity contribution < 1.29 is 9.47 Å². The van der Waals surface area contributed by atoms with E-state index in [9.17, 15) is 0 Å². The van der Waals surface area contributed by atoms with E-state index < -0.39 is 0 Å². The van der Waals surface area contributed by atoms with Crippen molar-refractivity contribution in [1.29, 1.82) is 0 Å². The molecule has 2 aliphatic heterocycles. The van der Waals surface area contributed by atoms with Gasteiger partial charge in [0.25, 0.3) is 0 Å². The summed E-state index contributed by atoms with van der Waals surface area (Å²) < 4.78 is 11.6. The Labute approximate surface area is 157 Å². The molecule has 0 bridgehead atoms. The molecule has 26 heavy (non-hydrogen) atoms. The number of para-hydroxylation sites is 1. The minimum absolute atomic E-state index is 0.363. The van der Waals surface area contributed by atoms with Gasteiger partial charge in [-0.15, -0.1) is 0 Å². The molecule has 1 aromatic rings. The highest BCUT2D eigenvalue weighted by molar-refractivity contribution is 5.80. The molecule has 1 atom stereocenters. The molecule has 0 radical (unpaired) electrons. The van der Waals surface area contributed by atoms with Crippen LogP contribution in [0.25, 0.3) is 0 Å². The summed E-state index contributed by atoms with van der Waals surface area (Å²) in [7, 11) is 0. The first kappa shape index (κ1) is 19.0. The van der Waals surface area contributed by atoms with Crippen LogP contribution in [0.2, 0.25) is 0 Å². The summed E-state index contributed by atoms with van der Waals surface area (Å²) in [4.78, 5) is 7.24. The lowest BCUT2D eigenvalue weighted by molar-refractivity contribution is 0.156. The van der Waals surface area contributed by atoms with Gasteiger partial charge in [-0.3, -0.25) is 4.99 Å². The minimum Gasteiger partial charge on any atom is -0.493 e. The van der Waals surface area contributed by atoms with Crippen LogP contribution in [0.15, 0.2) is 23.2 Å². The Balaban J connectivity index is 1.49. The van der Waals surface area contributed by atoms with Gasteiger partial charge in [-0.25, -0.2) is 0 Å². The second-order valence-electron chi connectivity index (χ2n) is 7.63. The Bertz CT molecular complexity index is 603. The van der Waals surface area contributed by atoms with E-state index in [2.05, 4.69) is 49.2 Å². The van der Waals surface area contributed by atoms with Crippen molar-refractivity contribution in [3.63, 3.8) is 0 Å². The smallest absolute Gasteiger partial charge is 0.193 e. The Morgan fingerprint density at radius 2 is 2.12 bits per heavy atom. The van der Waals surface area contributed by atoms with Crippen LogP contribution in [0.4, 0.5) is 0 Å². The third-order valence-electron chi connectivity index (χ3n) is 5.48. The van der Waals surface area contributed by atoms with Crippen molar-refractivity contribution >= 4 is 5.96 Å². The summed E-state index contributed by atoms with van der Waals surface area (Å²) in [6, 6.07) is 6.27. The van der Waals surface area contributed by atoms with E-state index in [4.69, 9.17) is 14.5 Å². The molecule has 2 aliphatic rings. The Morgan fingerprint density at radius 1 is 1.31 bits per heavy atom. The number of hydrogen-bond donors (Lipinski definition) is 1. The van der Waals surface area contributed by atoms with Gasteiger partial charge >= 0.3 is 0 Å². The van der Waals surface area contributed by atoms with E-state index in [-0.39, 0.29) is 0 Å². The lowest BCUT2D eigenvalue weighted by Crippen LogP contribution is -2.41. The molecule has 3 rings (SSSR count). The SMILES string of the molecule is CCNC(=NCCCOc1c(C)cccc1C)N1CCC2(CCOC2)C1. The average molecular weight is 360 g/mol. The second kappa shape index (κ2) is 8.76. The van der Waals surface area contributed by atoms with Gasteiger partial charge in [0, 0.05) is 44.6 Å². The molecule has 0 aliphatic carbocycles. The zero-order chi connectivity index (χ0) is 18.4. The molecule has 144 valence electrons. The molecule has 2 saturated heterocycles. The summed E-state index contributed by atoms with van der Waals surface area (Å²) >= 11 is 0. The highest BCUT2D eigenvalue weighted by Crippen LogP contribution is 2.38. The number of nitrogens with zero attached hydrogens (tertiary/aromatic N) is 2. The monoisotopic (exact) mass is 359 g/mol. The van der Waals surface area contributed by atoms with Crippen molar-refractivity contribution in [2.24, 2.45) is 10.4 Å². The Morgan fingerprint density at radius 3 is 2.81 bits per heavy atom. The molecule has 2 heterocycles. The van der Waals surface area contributed by atoms with Crippen LogP contribution in [0.1, 0.15) is 37.3 Å². The van der Waals surface area contributed by atoms with E-state index in [1.165, 1.54) is 24.0 Å². The number of nitrogens with one attached hydrogen (secondary N) is 1. The number of aliphatic imine (C=N–C) groups is 1. The van der Waals surface area contributed by atoms with Gasteiger partial charge in [-0.05, 0) is 44.7 Å². The predicted octanol–water partition coefficient (Wildman–Crippen LogP) is 3.15. The first-order chi connectivity index (χ1) is 12.6. The third kappa shape index (κ3) is 4.50. The van der Waals surface area contributed by atoms with Crippen LogP contribution in [0, 0.1) is 19.3 Å². The van der Waals surface area contributed by atoms with Gasteiger partial charge in [-0.2, -0.15) is 0 Å². The summed E-state index contributed by atoms with van der Waals surface area (Å²) in [6.45, 7) is 12.7. The van der Waals surface area contributed by atoms with Gasteiger partial charge in [-0.1, -0.05) is 18.2 Å². The highest BCUT2D eigenvalue weighted by atomic mass is 16.5. The summed E-state index contributed by atoms with van der Waals surface area (Å²) in [5.74, 6) is 2.06. The van der Waals surface area contributed by atoms with Crippen LogP contribution >= 0.6 is 0 Å². The zero-order valence-electron chi connectivity index (χ0n) is 16.5.